The predicted molar refractivity (Wildman–Crippen MR) is 113 cm³/mol. The second-order valence-corrected chi connectivity index (χ2v) is 9.87. The van der Waals surface area contributed by atoms with E-state index in [9.17, 15) is 4.79 Å². The van der Waals surface area contributed by atoms with Gasteiger partial charge in [-0.15, -0.1) is 0 Å². The highest BCUT2D eigenvalue weighted by molar-refractivity contribution is 5.78. The molecule has 2 aliphatic heterocycles. The molecule has 4 rings (SSSR count). The first-order valence-electron chi connectivity index (χ1n) is 10.8. The van der Waals surface area contributed by atoms with Crippen LogP contribution in [0.3, 0.4) is 0 Å². The molecule has 0 aliphatic carbocycles. The third-order valence-corrected chi connectivity index (χ3v) is 6.34. The van der Waals surface area contributed by atoms with E-state index in [-0.39, 0.29) is 11.4 Å². The Kier molecular flexibility index (Phi) is 5.21. The number of aromatic amines is 1. The summed E-state index contributed by atoms with van der Waals surface area (Å²) in [4.78, 5) is 23.2. The summed E-state index contributed by atoms with van der Waals surface area (Å²) in [6, 6.07) is 7.61. The van der Waals surface area contributed by atoms with E-state index in [1.807, 2.05) is 20.8 Å². The van der Waals surface area contributed by atoms with Crippen LogP contribution in [-0.4, -0.2) is 44.9 Å². The first-order valence-corrected chi connectivity index (χ1v) is 10.8. The topological polar surface area (TPSA) is 61.0 Å². The molecule has 1 aromatic carbocycles. The van der Waals surface area contributed by atoms with E-state index in [1.165, 1.54) is 31.2 Å². The summed E-state index contributed by atoms with van der Waals surface area (Å²) in [5.41, 5.74) is 3.36. The van der Waals surface area contributed by atoms with Gasteiger partial charge in [0.2, 0.25) is 5.91 Å². The molecule has 2 atom stereocenters. The van der Waals surface area contributed by atoms with Crippen LogP contribution in [0.2, 0.25) is 0 Å². The van der Waals surface area contributed by atoms with Crippen molar-refractivity contribution in [3.8, 4) is 0 Å². The van der Waals surface area contributed by atoms with E-state index < -0.39 is 0 Å². The molecule has 2 aliphatic rings. The average molecular weight is 383 g/mol. The zero-order valence-electron chi connectivity index (χ0n) is 17.7. The molecular weight excluding hydrogens is 348 g/mol. The lowest BCUT2D eigenvalue weighted by Gasteiger charge is -2.39. The molecule has 0 radical (unpaired) electrons. The van der Waals surface area contributed by atoms with Crippen LogP contribution in [0.4, 0.5) is 0 Å². The number of aryl methyl sites for hydroxylation is 1. The van der Waals surface area contributed by atoms with Gasteiger partial charge in [0.1, 0.15) is 5.82 Å². The number of fused-ring (bicyclic) bond motifs is 3. The number of carbonyl (C=O) groups excluding carboxylic acids is 1. The Bertz CT molecular complexity index is 836. The third kappa shape index (κ3) is 4.24. The van der Waals surface area contributed by atoms with Gasteiger partial charge in [0.25, 0.3) is 0 Å². The van der Waals surface area contributed by atoms with Gasteiger partial charge in [-0.05, 0) is 70.9 Å². The lowest BCUT2D eigenvalue weighted by molar-refractivity contribution is -0.123. The van der Waals surface area contributed by atoms with Crippen molar-refractivity contribution in [2.75, 3.05) is 6.54 Å². The zero-order chi connectivity index (χ0) is 19.9. The molecule has 2 unspecified atom stereocenters. The molecule has 2 bridgehead atoms. The summed E-state index contributed by atoms with van der Waals surface area (Å²) in [7, 11) is 0. The van der Waals surface area contributed by atoms with Crippen molar-refractivity contribution in [2.24, 2.45) is 5.92 Å². The molecular formula is C23H34N4O. The molecule has 1 amide bonds. The van der Waals surface area contributed by atoms with E-state index in [4.69, 9.17) is 4.98 Å². The molecule has 0 spiro atoms. The van der Waals surface area contributed by atoms with Crippen molar-refractivity contribution in [3.05, 3.63) is 29.6 Å². The van der Waals surface area contributed by atoms with E-state index in [2.05, 4.69) is 40.3 Å². The Morgan fingerprint density at radius 2 is 1.96 bits per heavy atom. The van der Waals surface area contributed by atoms with Crippen LogP contribution in [0, 0.1) is 12.8 Å². The van der Waals surface area contributed by atoms with Crippen molar-refractivity contribution in [3.63, 3.8) is 0 Å². The number of nitrogens with zero attached hydrogens (tertiary/aromatic N) is 2. The lowest BCUT2D eigenvalue weighted by atomic mass is 9.88. The van der Waals surface area contributed by atoms with Crippen LogP contribution in [0.25, 0.3) is 11.0 Å². The Balaban J connectivity index is 1.34. The normalized spacial score (nSPS) is 25.4. The minimum Gasteiger partial charge on any atom is -0.351 e. The number of H-pyrrole nitrogens is 1. The Morgan fingerprint density at radius 3 is 2.61 bits per heavy atom. The minimum absolute atomic E-state index is 0.145. The first kappa shape index (κ1) is 19.4. The van der Waals surface area contributed by atoms with Crippen molar-refractivity contribution < 1.29 is 4.79 Å². The summed E-state index contributed by atoms with van der Waals surface area (Å²) in [6.45, 7) is 9.15. The highest BCUT2D eigenvalue weighted by Crippen LogP contribution is 2.39. The Hall–Kier alpha value is -1.88. The van der Waals surface area contributed by atoms with Crippen molar-refractivity contribution >= 4 is 16.9 Å². The fourth-order valence-corrected chi connectivity index (χ4v) is 5.23. The number of piperidine rings is 1. The zero-order valence-corrected chi connectivity index (χ0v) is 17.7. The van der Waals surface area contributed by atoms with E-state index in [0.717, 1.165) is 29.8 Å². The summed E-state index contributed by atoms with van der Waals surface area (Å²) < 4.78 is 0. The Morgan fingerprint density at radius 1 is 1.25 bits per heavy atom. The average Bonchev–Trinajstić information content (AvgIpc) is 3.10. The number of hydrogen-bond acceptors (Lipinski definition) is 3. The lowest BCUT2D eigenvalue weighted by Crippen LogP contribution is -2.46. The molecule has 0 saturated carbocycles. The molecule has 5 nitrogen and oxygen atoms in total. The predicted octanol–water partition coefficient (Wildman–Crippen LogP) is 3.96. The van der Waals surface area contributed by atoms with Crippen LogP contribution in [0.15, 0.2) is 18.2 Å². The second kappa shape index (κ2) is 7.51. The monoisotopic (exact) mass is 382 g/mol. The van der Waals surface area contributed by atoms with Gasteiger partial charge < -0.3 is 10.3 Å². The van der Waals surface area contributed by atoms with Gasteiger partial charge >= 0.3 is 0 Å². The number of nitrogens with one attached hydrogen (secondary N) is 2. The van der Waals surface area contributed by atoms with Crippen LogP contribution < -0.4 is 5.32 Å². The number of carbonyl (C=O) groups is 1. The van der Waals surface area contributed by atoms with Gasteiger partial charge in [-0.1, -0.05) is 12.1 Å². The first-order chi connectivity index (χ1) is 13.3. The van der Waals surface area contributed by atoms with E-state index in [1.54, 1.807) is 0 Å². The van der Waals surface area contributed by atoms with Gasteiger partial charge in [-0.3, -0.25) is 9.69 Å². The standard InChI is InChI=1S/C23H34N4O/c1-15-6-5-7-19-22(15)25-20(24-19)14-16-12-17-8-9-18(13-16)27(17)11-10-21(28)26-23(2,3)4/h5-7,16-18H,8-14H2,1-4H3,(H,24,25)(H,26,28). The number of aromatic nitrogens is 2. The molecule has 28 heavy (non-hydrogen) atoms. The van der Waals surface area contributed by atoms with Crippen molar-refractivity contribution in [1.29, 1.82) is 0 Å². The summed E-state index contributed by atoms with van der Waals surface area (Å²) in [5, 5.41) is 3.09. The van der Waals surface area contributed by atoms with E-state index in [0.29, 0.717) is 24.4 Å². The molecule has 1 aromatic heterocycles. The number of imidazole rings is 1. The third-order valence-electron chi connectivity index (χ3n) is 6.34. The maximum Gasteiger partial charge on any atom is 0.221 e. The van der Waals surface area contributed by atoms with Crippen LogP contribution >= 0.6 is 0 Å². The van der Waals surface area contributed by atoms with Gasteiger partial charge in [0.15, 0.2) is 0 Å². The highest BCUT2D eigenvalue weighted by Gasteiger charge is 2.40. The molecule has 2 N–H and O–H groups in total. The number of rotatable bonds is 5. The summed E-state index contributed by atoms with van der Waals surface area (Å²) in [5.74, 6) is 2.00. The quantitative estimate of drug-likeness (QED) is 0.823. The fourth-order valence-electron chi connectivity index (χ4n) is 5.23. The number of amides is 1. The molecule has 2 saturated heterocycles. The second-order valence-electron chi connectivity index (χ2n) is 9.87. The SMILES string of the molecule is Cc1cccc2[nH]c(CC3CC4CCC(C3)N4CCC(=O)NC(C)(C)C)nc12. The number of hydrogen-bond donors (Lipinski definition) is 2. The van der Waals surface area contributed by atoms with Crippen LogP contribution in [0.1, 0.15) is 64.3 Å². The van der Waals surface area contributed by atoms with Gasteiger partial charge in [-0.25, -0.2) is 4.98 Å². The molecule has 2 aromatic rings. The van der Waals surface area contributed by atoms with Gasteiger partial charge in [0, 0.05) is 37.0 Å². The highest BCUT2D eigenvalue weighted by atomic mass is 16.1. The van der Waals surface area contributed by atoms with Gasteiger partial charge in [-0.2, -0.15) is 0 Å². The van der Waals surface area contributed by atoms with E-state index >= 15 is 0 Å². The van der Waals surface area contributed by atoms with Crippen LogP contribution in [-0.2, 0) is 11.2 Å². The number of para-hydroxylation sites is 1. The summed E-state index contributed by atoms with van der Waals surface area (Å²) >= 11 is 0. The smallest absolute Gasteiger partial charge is 0.221 e. The van der Waals surface area contributed by atoms with Crippen molar-refractivity contribution in [2.45, 2.75) is 83.8 Å². The minimum atomic E-state index is -0.145. The van der Waals surface area contributed by atoms with Crippen molar-refractivity contribution in [1.82, 2.24) is 20.2 Å². The van der Waals surface area contributed by atoms with Gasteiger partial charge in [0.05, 0.1) is 11.0 Å². The molecule has 152 valence electrons. The molecule has 5 heteroatoms. The fraction of sp³-hybridized carbons (Fsp3) is 0.652. The largest absolute Gasteiger partial charge is 0.351 e. The number of benzene rings is 1. The maximum atomic E-state index is 12.2. The molecule has 2 fully saturated rings. The van der Waals surface area contributed by atoms with Crippen LogP contribution in [0.5, 0.6) is 0 Å². The Labute approximate surface area is 168 Å². The molecule has 3 heterocycles. The summed E-state index contributed by atoms with van der Waals surface area (Å²) in [6.07, 6.45) is 6.67. The maximum absolute atomic E-state index is 12.2.